The van der Waals surface area contributed by atoms with Crippen LogP contribution in [0.3, 0.4) is 0 Å². The lowest BCUT2D eigenvalue weighted by Crippen LogP contribution is -2.28. The Morgan fingerprint density at radius 1 is 1.14 bits per heavy atom. The minimum atomic E-state index is 0.153. The van der Waals surface area contributed by atoms with Crippen molar-refractivity contribution < 1.29 is 0 Å². The van der Waals surface area contributed by atoms with Gasteiger partial charge < -0.3 is 5.32 Å². The van der Waals surface area contributed by atoms with E-state index in [0.717, 1.165) is 38.2 Å². The van der Waals surface area contributed by atoms with Crippen molar-refractivity contribution in [1.29, 1.82) is 0 Å². The van der Waals surface area contributed by atoms with Crippen molar-refractivity contribution in [2.75, 3.05) is 6.54 Å². The molecule has 0 aromatic carbocycles. The van der Waals surface area contributed by atoms with Gasteiger partial charge in [-0.1, -0.05) is 13.8 Å². The van der Waals surface area contributed by atoms with Gasteiger partial charge >= 0.3 is 0 Å². The van der Waals surface area contributed by atoms with Crippen molar-refractivity contribution >= 4 is 0 Å². The fraction of sp³-hybridized carbons (Fsp3) is 0.625. The Hall–Kier alpha value is -1.62. The topological polar surface area (TPSA) is 47.7 Å². The van der Waals surface area contributed by atoms with E-state index in [9.17, 15) is 0 Å². The Morgan fingerprint density at radius 2 is 1.95 bits per heavy atom. The van der Waals surface area contributed by atoms with Gasteiger partial charge in [0.15, 0.2) is 0 Å². The van der Waals surface area contributed by atoms with Crippen LogP contribution in [0.4, 0.5) is 0 Å². The molecule has 0 aliphatic carbocycles. The molecule has 0 spiro atoms. The maximum Gasteiger partial charge on any atom is 0.0918 e. The minimum Gasteiger partial charge on any atom is -0.304 e. The van der Waals surface area contributed by atoms with E-state index in [2.05, 4.69) is 64.7 Å². The summed E-state index contributed by atoms with van der Waals surface area (Å²) in [5.41, 5.74) is 3.51. The van der Waals surface area contributed by atoms with Crippen LogP contribution in [0, 0.1) is 6.92 Å². The molecule has 116 valence electrons. The van der Waals surface area contributed by atoms with E-state index < -0.39 is 0 Å². The summed E-state index contributed by atoms with van der Waals surface area (Å²) >= 11 is 0. The van der Waals surface area contributed by atoms with E-state index in [4.69, 9.17) is 0 Å². The zero-order chi connectivity index (χ0) is 15.2. The Balaban J connectivity index is 2.39. The molecule has 0 saturated carbocycles. The van der Waals surface area contributed by atoms with E-state index in [1.165, 1.54) is 11.4 Å². The van der Waals surface area contributed by atoms with Crippen LogP contribution < -0.4 is 5.32 Å². The molecule has 2 aromatic heterocycles. The second-order valence-corrected chi connectivity index (χ2v) is 5.39. The predicted octanol–water partition coefficient (Wildman–Crippen LogP) is 2.91. The monoisotopic (exact) mass is 289 g/mol. The van der Waals surface area contributed by atoms with Gasteiger partial charge in [-0.15, -0.1) is 0 Å². The summed E-state index contributed by atoms with van der Waals surface area (Å²) in [7, 11) is 0. The molecule has 0 fully saturated rings. The Bertz CT molecular complexity index is 555. The van der Waals surface area contributed by atoms with Crippen molar-refractivity contribution in [2.24, 2.45) is 0 Å². The predicted molar refractivity (Wildman–Crippen MR) is 85.3 cm³/mol. The van der Waals surface area contributed by atoms with Gasteiger partial charge in [-0.05, 0) is 45.4 Å². The third-order valence-corrected chi connectivity index (χ3v) is 3.61. The molecule has 0 aliphatic heterocycles. The fourth-order valence-corrected chi connectivity index (χ4v) is 2.69. The summed E-state index contributed by atoms with van der Waals surface area (Å²) < 4.78 is 4.20. The van der Waals surface area contributed by atoms with Crippen LogP contribution >= 0.6 is 0 Å². The lowest BCUT2D eigenvalue weighted by atomic mass is 10.1. The number of nitrogens with one attached hydrogen (secondary N) is 1. The molecule has 0 bridgehead atoms. The van der Waals surface area contributed by atoms with E-state index in [1.54, 1.807) is 0 Å². The summed E-state index contributed by atoms with van der Waals surface area (Å²) in [6, 6.07) is 4.45. The quantitative estimate of drug-likeness (QED) is 0.813. The Labute approximate surface area is 127 Å². The lowest BCUT2D eigenvalue weighted by molar-refractivity contribution is 0.481. The SMILES string of the molecule is CCCNC(c1ccnn1CCC)c1cc(C)nn1CC. The second kappa shape index (κ2) is 7.41. The first-order chi connectivity index (χ1) is 10.2. The highest BCUT2D eigenvalue weighted by Gasteiger charge is 2.21. The summed E-state index contributed by atoms with van der Waals surface area (Å²) in [4.78, 5) is 0. The van der Waals surface area contributed by atoms with Crippen LogP contribution in [0.25, 0.3) is 0 Å². The van der Waals surface area contributed by atoms with Crippen LogP contribution in [0.2, 0.25) is 0 Å². The molecule has 2 aromatic rings. The van der Waals surface area contributed by atoms with Crippen LogP contribution in [0.15, 0.2) is 18.3 Å². The summed E-state index contributed by atoms with van der Waals surface area (Å²) in [6.45, 7) is 11.4. The maximum atomic E-state index is 4.59. The first-order valence-corrected chi connectivity index (χ1v) is 8.00. The normalized spacial score (nSPS) is 12.8. The number of hydrogen-bond acceptors (Lipinski definition) is 3. The van der Waals surface area contributed by atoms with E-state index in [-0.39, 0.29) is 6.04 Å². The highest BCUT2D eigenvalue weighted by Crippen LogP contribution is 2.23. The molecule has 0 radical (unpaired) electrons. The average molecular weight is 289 g/mol. The van der Waals surface area contributed by atoms with Gasteiger partial charge in [0, 0.05) is 19.3 Å². The molecule has 1 N–H and O–H groups in total. The van der Waals surface area contributed by atoms with Crippen molar-refractivity contribution in [1.82, 2.24) is 24.9 Å². The zero-order valence-electron chi connectivity index (χ0n) is 13.6. The number of rotatable bonds is 8. The molecule has 21 heavy (non-hydrogen) atoms. The third kappa shape index (κ3) is 3.53. The van der Waals surface area contributed by atoms with Crippen molar-refractivity contribution in [3.63, 3.8) is 0 Å². The molecule has 0 aliphatic rings. The summed E-state index contributed by atoms with van der Waals surface area (Å²) in [5.74, 6) is 0. The van der Waals surface area contributed by atoms with Crippen LogP contribution in [0.5, 0.6) is 0 Å². The van der Waals surface area contributed by atoms with E-state index in [1.807, 2.05) is 6.20 Å². The molecule has 5 nitrogen and oxygen atoms in total. The number of nitrogens with zero attached hydrogens (tertiary/aromatic N) is 4. The van der Waals surface area contributed by atoms with E-state index in [0.29, 0.717) is 0 Å². The standard InChI is InChI=1S/C16H27N5/c1-5-9-17-16(14-8-10-18-21(14)11-6-2)15-12-13(4)19-20(15)7-3/h8,10,12,16-17H,5-7,9,11H2,1-4H3. The van der Waals surface area contributed by atoms with Crippen LogP contribution in [0.1, 0.15) is 56.7 Å². The number of aryl methyl sites for hydroxylation is 3. The first-order valence-electron chi connectivity index (χ1n) is 8.00. The lowest BCUT2D eigenvalue weighted by Gasteiger charge is -2.21. The van der Waals surface area contributed by atoms with Crippen LogP contribution in [-0.2, 0) is 13.1 Å². The molecule has 1 unspecified atom stereocenters. The van der Waals surface area contributed by atoms with Crippen LogP contribution in [-0.4, -0.2) is 26.1 Å². The van der Waals surface area contributed by atoms with Gasteiger partial charge in [0.1, 0.15) is 0 Å². The molecule has 0 saturated heterocycles. The highest BCUT2D eigenvalue weighted by molar-refractivity contribution is 5.24. The van der Waals surface area contributed by atoms with Crippen molar-refractivity contribution in [2.45, 2.75) is 59.7 Å². The Kier molecular flexibility index (Phi) is 5.56. The minimum absolute atomic E-state index is 0.153. The van der Waals surface area contributed by atoms with E-state index >= 15 is 0 Å². The third-order valence-electron chi connectivity index (χ3n) is 3.61. The van der Waals surface area contributed by atoms with Gasteiger partial charge in [-0.25, -0.2) is 0 Å². The summed E-state index contributed by atoms with van der Waals surface area (Å²) in [6.07, 6.45) is 4.09. The van der Waals surface area contributed by atoms with Crippen molar-refractivity contribution in [3.8, 4) is 0 Å². The van der Waals surface area contributed by atoms with Gasteiger partial charge in [-0.2, -0.15) is 10.2 Å². The second-order valence-electron chi connectivity index (χ2n) is 5.39. The molecule has 1 atom stereocenters. The molecule has 2 rings (SSSR count). The maximum absolute atomic E-state index is 4.59. The number of hydrogen-bond donors (Lipinski definition) is 1. The molecular weight excluding hydrogens is 262 g/mol. The Morgan fingerprint density at radius 3 is 2.62 bits per heavy atom. The molecule has 0 amide bonds. The molecule has 5 heteroatoms. The average Bonchev–Trinajstić information content (AvgIpc) is 3.07. The first kappa shape index (κ1) is 15.8. The fourth-order valence-electron chi connectivity index (χ4n) is 2.69. The van der Waals surface area contributed by atoms with Gasteiger partial charge in [0.25, 0.3) is 0 Å². The highest BCUT2D eigenvalue weighted by atomic mass is 15.3. The zero-order valence-corrected chi connectivity index (χ0v) is 13.6. The van der Waals surface area contributed by atoms with Gasteiger partial charge in [0.2, 0.25) is 0 Å². The largest absolute Gasteiger partial charge is 0.304 e. The van der Waals surface area contributed by atoms with Crippen molar-refractivity contribution in [3.05, 3.63) is 35.4 Å². The molecule has 2 heterocycles. The summed E-state index contributed by atoms with van der Waals surface area (Å²) in [5, 5.41) is 12.7. The smallest absolute Gasteiger partial charge is 0.0918 e. The van der Waals surface area contributed by atoms with Gasteiger partial charge in [-0.3, -0.25) is 9.36 Å². The molecular formula is C16H27N5. The van der Waals surface area contributed by atoms with Gasteiger partial charge in [0.05, 0.1) is 23.1 Å². The number of aromatic nitrogens is 4.